The van der Waals surface area contributed by atoms with E-state index in [9.17, 15) is 14.4 Å². The highest BCUT2D eigenvalue weighted by Crippen LogP contribution is 2.41. The molecule has 162 valence electrons. The molecule has 3 aliphatic rings. The van der Waals surface area contributed by atoms with E-state index < -0.39 is 17.5 Å². The van der Waals surface area contributed by atoms with Gasteiger partial charge < -0.3 is 19.4 Å². The number of benzene rings is 1. The first-order valence-electron chi connectivity index (χ1n) is 10.5. The lowest BCUT2D eigenvalue weighted by Gasteiger charge is -2.29. The van der Waals surface area contributed by atoms with Gasteiger partial charge in [-0.1, -0.05) is 6.07 Å². The Bertz CT molecular complexity index is 1310. The van der Waals surface area contributed by atoms with Crippen molar-refractivity contribution in [2.75, 3.05) is 13.7 Å². The topological polar surface area (TPSA) is 114 Å². The summed E-state index contributed by atoms with van der Waals surface area (Å²) in [5, 5.41) is 5.74. The van der Waals surface area contributed by atoms with Crippen molar-refractivity contribution in [3.05, 3.63) is 59.1 Å². The maximum atomic E-state index is 13.1. The van der Waals surface area contributed by atoms with Crippen LogP contribution >= 0.6 is 0 Å². The summed E-state index contributed by atoms with van der Waals surface area (Å²) in [4.78, 5) is 44.3. The second-order valence-electron chi connectivity index (χ2n) is 8.53. The number of imide groups is 1. The van der Waals surface area contributed by atoms with Gasteiger partial charge in [0.05, 0.1) is 13.7 Å². The van der Waals surface area contributed by atoms with E-state index in [1.54, 1.807) is 24.4 Å². The minimum Gasteiger partial charge on any atom is -0.497 e. The summed E-state index contributed by atoms with van der Waals surface area (Å²) in [6, 6.07) is 8.28. The first-order valence-corrected chi connectivity index (χ1v) is 10.5. The highest BCUT2D eigenvalue weighted by molar-refractivity contribution is 6.08. The van der Waals surface area contributed by atoms with Crippen LogP contribution in [0, 0.1) is 0 Å². The number of rotatable bonds is 5. The zero-order valence-corrected chi connectivity index (χ0v) is 17.3. The SMILES string of the molecule is COc1ccc2c(c1)C(=O)N(C[C@@]1(c3cc4cnc(C5CC5)cc4o3)NC(=O)NC1=O)C2. The molecule has 0 radical (unpaired) electrons. The third kappa shape index (κ3) is 2.77. The van der Waals surface area contributed by atoms with E-state index >= 15 is 0 Å². The zero-order chi connectivity index (χ0) is 22.0. The van der Waals surface area contributed by atoms with Gasteiger partial charge in [0, 0.05) is 41.4 Å². The molecule has 2 fully saturated rings. The van der Waals surface area contributed by atoms with Gasteiger partial charge in [0.25, 0.3) is 11.8 Å². The number of hydrogen-bond donors (Lipinski definition) is 2. The average Bonchev–Trinajstić information content (AvgIpc) is 3.39. The molecule has 4 amide bonds. The number of methoxy groups -OCH3 is 1. The highest BCUT2D eigenvalue weighted by Gasteiger charge is 2.53. The first-order chi connectivity index (χ1) is 15.5. The molecule has 9 heteroatoms. The smallest absolute Gasteiger partial charge is 0.322 e. The second kappa shape index (κ2) is 6.56. The molecule has 0 unspecified atom stereocenters. The molecule has 32 heavy (non-hydrogen) atoms. The van der Waals surface area contributed by atoms with Gasteiger partial charge in [-0.05, 0) is 36.6 Å². The Morgan fingerprint density at radius 3 is 2.78 bits per heavy atom. The lowest BCUT2D eigenvalue weighted by Crippen LogP contribution is -2.52. The minimum absolute atomic E-state index is 0.0663. The van der Waals surface area contributed by atoms with Crippen LogP contribution in [0.25, 0.3) is 11.0 Å². The van der Waals surface area contributed by atoms with Crippen molar-refractivity contribution < 1.29 is 23.5 Å². The highest BCUT2D eigenvalue weighted by atomic mass is 16.5. The molecule has 9 nitrogen and oxygen atoms in total. The number of urea groups is 1. The molecule has 1 aromatic carbocycles. The van der Waals surface area contributed by atoms with Crippen molar-refractivity contribution in [1.29, 1.82) is 0 Å². The number of pyridine rings is 1. The number of aromatic nitrogens is 1. The van der Waals surface area contributed by atoms with Crippen LogP contribution in [0.5, 0.6) is 5.75 Å². The fraction of sp³-hybridized carbons (Fsp3) is 0.304. The Morgan fingerprint density at radius 1 is 1.22 bits per heavy atom. The van der Waals surface area contributed by atoms with Gasteiger partial charge in [0.15, 0.2) is 5.54 Å². The number of nitrogens with zero attached hydrogens (tertiary/aromatic N) is 2. The summed E-state index contributed by atoms with van der Waals surface area (Å²) >= 11 is 0. The maximum Gasteiger partial charge on any atom is 0.322 e. The van der Waals surface area contributed by atoms with Crippen LogP contribution in [-0.2, 0) is 16.9 Å². The van der Waals surface area contributed by atoms with Crippen LogP contribution in [0.1, 0.15) is 46.1 Å². The lowest BCUT2D eigenvalue weighted by atomic mass is 9.95. The summed E-state index contributed by atoms with van der Waals surface area (Å²) in [5.74, 6) is 0.511. The second-order valence-corrected chi connectivity index (χ2v) is 8.53. The van der Waals surface area contributed by atoms with Gasteiger partial charge in [-0.15, -0.1) is 0 Å². The fourth-order valence-corrected chi connectivity index (χ4v) is 4.50. The largest absolute Gasteiger partial charge is 0.497 e. The quantitative estimate of drug-likeness (QED) is 0.599. The normalized spacial score (nSPS) is 22.3. The van der Waals surface area contributed by atoms with Crippen LogP contribution in [0.2, 0.25) is 0 Å². The summed E-state index contributed by atoms with van der Waals surface area (Å²) in [5.41, 5.74) is 1.39. The van der Waals surface area contributed by atoms with E-state index in [1.807, 2.05) is 12.1 Å². The molecule has 2 aromatic heterocycles. The minimum atomic E-state index is -1.53. The number of nitrogens with one attached hydrogen (secondary N) is 2. The van der Waals surface area contributed by atoms with Gasteiger partial charge in [-0.2, -0.15) is 0 Å². The van der Waals surface area contributed by atoms with Crippen LogP contribution in [0.4, 0.5) is 4.79 Å². The molecule has 2 aliphatic heterocycles. The van der Waals surface area contributed by atoms with Gasteiger partial charge in [-0.3, -0.25) is 19.9 Å². The van der Waals surface area contributed by atoms with Crippen molar-refractivity contribution in [3.8, 4) is 5.75 Å². The van der Waals surface area contributed by atoms with E-state index in [0.717, 1.165) is 29.5 Å². The molecule has 1 saturated carbocycles. The van der Waals surface area contributed by atoms with Crippen molar-refractivity contribution >= 4 is 28.8 Å². The summed E-state index contributed by atoms with van der Waals surface area (Å²) in [6.07, 6.45) is 3.94. The van der Waals surface area contributed by atoms with E-state index in [4.69, 9.17) is 9.15 Å². The summed E-state index contributed by atoms with van der Waals surface area (Å²) in [6.45, 7) is 0.250. The van der Waals surface area contributed by atoms with Crippen LogP contribution in [0.3, 0.4) is 0 Å². The summed E-state index contributed by atoms with van der Waals surface area (Å²) in [7, 11) is 1.54. The van der Waals surface area contributed by atoms with E-state index in [2.05, 4.69) is 15.6 Å². The number of carbonyl (C=O) groups excluding carboxylic acids is 3. The van der Waals surface area contributed by atoms with Gasteiger partial charge >= 0.3 is 6.03 Å². The predicted molar refractivity (Wildman–Crippen MR) is 112 cm³/mol. The number of furan rings is 1. The standard InChI is InChI=1S/C23H20N4O5/c1-31-15-5-4-13-10-27(20(28)16(13)7-15)11-23(21(29)25-22(30)26-23)19-6-14-9-24-17(12-2-3-12)8-18(14)32-19/h4-9,12H,2-3,10-11H2,1H3,(H2,25,26,29,30)/t23-/m0/s1. The number of amides is 4. The van der Waals surface area contributed by atoms with E-state index in [1.165, 1.54) is 12.0 Å². The molecular formula is C23H20N4O5. The van der Waals surface area contributed by atoms with Gasteiger partial charge in [-0.25, -0.2) is 4.79 Å². The first kappa shape index (κ1) is 18.9. The molecule has 0 spiro atoms. The molecule has 4 heterocycles. The number of fused-ring (bicyclic) bond motifs is 2. The fourth-order valence-electron chi connectivity index (χ4n) is 4.50. The molecule has 1 saturated heterocycles. The Balaban J connectivity index is 1.38. The molecular weight excluding hydrogens is 412 g/mol. The Kier molecular flexibility index (Phi) is 3.86. The van der Waals surface area contributed by atoms with E-state index in [-0.39, 0.29) is 18.2 Å². The van der Waals surface area contributed by atoms with Crippen LogP contribution in [-0.4, -0.2) is 41.4 Å². The van der Waals surface area contributed by atoms with E-state index in [0.29, 0.717) is 29.4 Å². The van der Waals surface area contributed by atoms with Gasteiger partial charge in [0.2, 0.25) is 0 Å². The van der Waals surface area contributed by atoms with Crippen molar-refractivity contribution in [1.82, 2.24) is 20.5 Å². The number of ether oxygens (including phenoxy) is 1. The maximum absolute atomic E-state index is 13.1. The van der Waals surface area contributed by atoms with Crippen molar-refractivity contribution in [2.45, 2.75) is 30.8 Å². The van der Waals surface area contributed by atoms with Crippen LogP contribution < -0.4 is 15.4 Å². The Labute approximate surface area is 182 Å². The van der Waals surface area contributed by atoms with Gasteiger partial charge in [0.1, 0.15) is 17.1 Å². The summed E-state index contributed by atoms with van der Waals surface area (Å²) < 4.78 is 11.3. The third-order valence-corrected chi connectivity index (χ3v) is 6.40. The van der Waals surface area contributed by atoms with Crippen LogP contribution in [0.15, 0.2) is 40.9 Å². The Morgan fingerprint density at radius 2 is 2.06 bits per heavy atom. The molecule has 1 atom stereocenters. The molecule has 2 N–H and O–H groups in total. The monoisotopic (exact) mass is 432 g/mol. The van der Waals surface area contributed by atoms with Crippen molar-refractivity contribution in [3.63, 3.8) is 0 Å². The Hall–Kier alpha value is -3.88. The number of carbonyl (C=O) groups is 3. The third-order valence-electron chi connectivity index (χ3n) is 6.40. The lowest BCUT2D eigenvalue weighted by molar-refractivity contribution is -0.125. The average molecular weight is 432 g/mol. The molecule has 1 aliphatic carbocycles. The predicted octanol–water partition coefficient (Wildman–Crippen LogP) is 2.40. The zero-order valence-electron chi connectivity index (χ0n) is 17.3. The number of hydrogen-bond acceptors (Lipinski definition) is 6. The molecule has 0 bridgehead atoms. The molecule has 6 rings (SSSR count). The molecule has 3 aromatic rings. The van der Waals surface area contributed by atoms with Crippen molar-refractivity contribution in [2.24, 2.45) is 0 Å².